The highest BCUT2D eigenvalue weighted by atomic mass is 16.7. The number of esters is 1. The summed E-state index contributed by atoms with van der Waals surface area (Å²) in [6.07, 6.45) is 47.8. The van der Waals surface area contributed by atoms with Crippen molar-refractivity contribution < 1.29 is 44.2 Å². The Morgan fingerprint density at radius 2 is 1.02 bits per heavy atom. The highest BCUT2D eigenvalue weighted by molar-refractivity contribution is 5.69. The maximum atomic E-state index is 12.8. The van der Waals surface area contributed by atoms with Crippen LogP contribution in [-0.4, -0.2) is 89.6 Å². The molecule has 1 saturated heterocycles. The van der Waals surface area contributed by atoms with Gasteiger partial charge in [-0.15, -0.1) is 0 Å². The molecule has 346 valence electrons. The first-order chi connectivity index (χ1) is 29.4. The van der Waals surface area contributed by atoms with Gasteiger partial charge in [0.1, 0.15) is 30.5 Å². The number of unbranched alkanes of at least 4 members (excludes halogenated alkanes) is 17. The number of ether oxygens (including phenoxy) is 4. The standard InChI is InChI=1S/C51H88O9/c1-3-5-7-9-11-13-15-17-19-20-21-22-23-24-25-26-27-28-30-32-34-36-38-40-47(53)59-45(44-58-51-50(56)49(55)48(54)46(42-52)60-51)43-57-41-39-37-35-33-31-29-18-16-14-12-10-8-6-4-2/h5,7,11,13-14,16-17,19,21-22,24-25,45-46,48-52,54-56H,3-4,6,8-10,12,15,18,20,23,26-44H2,1-2H3/b7-5-,13-11-,16-14-,19-17-,22-21-,25-24-. The summed E-state index contributed by atoms with van der Waals surface area (Å²) in [6, 6.07) is 0. The summed E-state index contributed by atoms with van der Waals surface area (Å²) in [5.74, 6) is -0.329. The average Bonchev–Trinajstić information content (AvgIpc) is 3.25. The van der Waals surface area contributed by atoms with Crippen molar-refractivity contribution in [1.82, 2.24) is 0 Å². The van der Waals surface area contributed by atoms with Gasteiger partial charge in [0.25, 0.3) is 0 Å². The summed E-state index contributed by atoms with van der Waals surface area (Å²) in [7, 11) is 0. The number of hydrogen-bond donors (Lipinski definition) is 4. The van der Waals surface area contributed by atoms with E-state index in [1.165, 1.54) is 70.6 Å². The van der Waals surface area contributed by atoms with Crippen LogP contribution in [0.4, 0.5) is 0 Å². The number of aliphatic hydroxyl groups is 4. The molecule has 60 heavy (non-hydrogen) atoms. The van der Waals surface area contributed by atoms with E-state index in [0.717, 1.165) is 89.9 Å². The Balaban J connectivity index is 2.24. The van der Waals surface area contributed by atoms with Gasteiger partial charge in [0.2, 0.25) is 0 Å². The molecular weight excluding hydrogens is 757 g/mol. The molecule has 1 rings (SSSR count). The fourth-order valence-corrected chi connectivity index (χ4v) is 6.87. The van der Waals surface area contributed by atoms with E-state index in [1.54, 1.807) is 0 Å². The summed E-state index contributed by atoms with van der Waals surface area (Å²) in [5.41, 5.74) is 0. The molecule has 0 aromatic carbocycles. The third kappa shape index (κ3) is 32.4. The van der Waals surface area contributed by atoms with Gasteiger partial charge in [-0.3, -0.25) is 4.79 Å². The normalized spacial score (nSPS) is 20.7. The number of rotatable bonds is 40. The molecule has 9 nitrogen and oxygen atoms in total. The van der Waals surface area contributed by atoms with Gasteiger partial charge in [0, 0.05) is 13.0 Å². The second-order valence-corrected chi connectivity index (χ2v) is 16.2. The van der Waals surface area contributed by atoms with E-state index < -0.39 is 43.4 Å². The monoisotopic (exact) mass is 845 g/mol. The average molecular weight is 845 g/mol. The molecule has 0 radical (unpaired) electrons. The Morgan fingerprint density at radius 1 is 0.550 bits per heavy atom. The second-order valence-electron chi connectivity index (χ2n) is 16.2. The molecule has 6 unspecified atom stereocenters. The predicted octanol–water partition coefficient (Wildman–Crippen LogP) is 11.3. The van der Waals surface area contributed by atoms with E-state index in [-0.39, 0.29) is 19.2 Å². The van der Waals surface area contributed by atoms with E-state index in [9.17, 15) is 25.2 Å². The van der Waals surface area contributed by atoms with E-state index in [1.807, 2.05) is 0 Å². The van der Waals surface area contributed by atoms with Crippen molar-refractivity contribution in [2.75, 3.05) is 26.4 Å². The van der Waals surface area contributed by atoms with Crippen LogP contribution in [0.3, 0.4) is 0 Å². The Hall–Kier alpha value is -2.37. The Kier molecular flexibility index (Phi) is 38.9. The van der Waals surface area contributed by atoms with Crippen LogP contribution in [0.2, 0.25) is 0 Å². The Labute approximate surface area is 366 Å². The number of allylic oxidation sites excluding steroid dienone is 12. The van der Waals surface area contributed by atoms with Crippen LogP contribution >= 0.6 is 0 Å². The molecule has 9 heteroatoms. The molecule has 1 aliphatic heterocycles. The zero-order chi connectivity index (χ0) is 43.6. The summed E-state index contributed by atoms with van der Waals surface area (Å²) in [4.78, 5) is 12.8. The highest BCUT2D eigenvalue weighted by Gasteiger charge is 2.44. The number of aliphatic hydroxyl groups excluding tert-OH is 4. The minimum atomic E-state index is -1.54. The van der Waals surface area contributed by atoms with Crippen molar-refractivity contribution >= 4 is 5.97 Å². The molecule has 0 aliphatic carbocycles. The first-order valence-corrected chi connectivity index (χ1v) is 24.0. The lowest BCUT2D eigenvalue weighted by Crippen LogP contribution is -2.59. The van der Waals surface area contributed by atoms with Crippen LogP contribution < -0.4 is 0 Å². The highest BCUT2D eigenvalue weighted by Crippen LogP contribution is 2.22. The van der Waals surface area contributed by atoms with Gasteiger partial charge in [-0.1, -0.05) is 164 Å². The minimum Gasteiger partial charge on any atom is -0.457 e. The second kappa shape index (κ2) is 42.0. The van der Waals surface area contributed by atoms with Gasteiger partial charge in [-0.25, -0.2) is 0 Å². The van der Waals surface area contributed by atoms with Crippen LogP contribution in [0.1, 0.15) is 181 Å². The lowest BCUT2D eigenvalue weighted by molar-refractivity contribution is -0.305. The SMILES string of the molecule is CC/C=C\C/C=C\C/C=C\C/C=C\C/C=C\CCCCCCCCCC(=O)OC(COCCCCCCCC/C=C\CCCCCC)COC1OC(CO)C(O)C(O)C1O. The van der Waals surface area contributed by atoms with Crippen LogP contribution in [0.5, 0.6) is 0 Å². The maximum absolute atomic E-state index is 12.8. The van der Waals surface area contributed by atoms with Crippen LogP contribution in [0.25, 0.3) is 0 Å². The van der Waals surface area contributed by atoms with Crippen molar-refractivity contribution in [3.63, 3.8) is 0 Å². The Bertz CT molecular complexity index is 1140. The van der Waals surface area contributed by atoms with Gasteiger partial charge in [0.05, 0.1) is 19.8 Å². The predicted molar refractivity (Wildman–Crippen MR) is 247 cm³/mol. The number of carbonyl (C=O) groups excluding carboxylic acids is 1. The van der Waals surface area contributed by atoms with E-state index in [0.29, 0.717) is 13.0 Å². The van der Waals surface area contributed by atoms with Crippen LogP contribution in [0.15, 0.2) is 72.9 Å². The molecule has 1 fully saturated rings. The number of hydrogen-bond acceptors (Lipinski definition) is 9. The first-order valence-electron chi connectivity index (χ1n) is 24.0. The fourth-order valence-electron chi connectivity index (χ4n) is 6.87. The molecule has 1 heterocycles. The zero-order valence-corrected chi connectivity index (χ0v) is 37.9. The molecule has 0 aromatic heterocycles. The van der Waals surface area contributed by atoms with Gasteiger partial charge in [0.15, 0.2) is 6.29 Å². The quantitative estimate of drug-likeness (QED) is 0.0270. The van der Waals surface area contributed by atoms with E-state index in [2.05, 4.69) is 86.8 Å². The summed E-state index contributed by atoms with van der Waals surface area (Å²) in [5, 5.41) is 40.2. The first kappa shape index (κ1) is 55.6. The van der Waals surface area contributed by atoms with Crippen molar-refractivity contribution in [2.45, 2.75) is 218 Å². The molecule has 0 spiro atoms. The van der Waals surface area contributed by atoms with Crippen molar-refractivity contribution in [1.29, 1.82) is 0 Å². The summed E-state index contributed by atoms with van der Waals surface area (Å²) < 4.78 is 22.8. The smallest absolute Gasteiger partial charge is 0.306 e. The summed E-state index contributed by atoms with van der Waals surface area (Å²) >= 11 is 0. The van der Waals surface area contributed by atoms with Gasteiger partial charge in [-0.05, 0) is 83.5 Å². The van der Waals surface area contributed by atoms with Crippen LogP contribution in [-0.2, 0) is 23.7 Å². The molecule has 0 aromatic rings. The van der Waals surface area contributed by atoms with Crippen molar-refractivity contribution in [2.24, 2.45) is 0 Å². The largest absolute Gasteiger partial charge is 0.457 e. The van der Waals surface area contributed by atoms with Gasteiger partial charge in [-0.2, -0.15) is 0 Å². The summed E-state index contributed by atoms with van der Waals surface area (Å²) in [6.45, 7) is 4.40. The third-order valence-corrected chi connectivity index (χ3v) is 10.6. The molecular formula is C51H88O9. The van der Waals surface area contributed by atoms with Gasteiger partial charge >= 0.3 is 5.97 Å². The van der Waals surface area contributed by atoms with Crippen molar-refractivity contribution in [3.05, 3.63) is 72.9 Å². The molecule has 0 bridgehead atoms. The van der Waals surface area contributed by atoms with Crippen LogP contribution in [0, 0.1) is 0 Å². The lowest BCUT2D eigenvalue weighted by atomic mass is 9.99. The topological polar surface area (TPSA) is 135 Å². The number of carbonyl (C=O) groups is 1. The van der Waals surface area contributed by atoms with E-state index in [4.69, 9.17) is 18.9 Å². The Morgan fingerprint density at radius 3 is 1.55 bits per heavy atom. The maximum Gasteiger partial charge on any atom is 0.306 e. The lowest BCUT2D eigenvalue weighted by Gasteiger charge is -2.39. The molecule has 0 amide bonds. The fraction of sp³-hybridized carbons (Fsp3) is 0.745. The minimum absolute atomic E-state index is 0.124. The molecule has 1 aliphatic rings. The molecule has 4 N–H and O–H groups in total. The molecule has 0 saturated carbocycles. The zero-order valence-electron chi connectivity index (χ0n) is 37.9. The van der Waals surface area contributed by atoms with Crippen molar-refractivity contribution in [3.8, 4) is 0 Å². The van der Waals surface area contributed by atoms with E-state index >= 15 is 0 Å². The van der Waals surface area contributed by atoms with Gasteiger partial charge < -0.3 is 39.4 Å². The third-order valence-electron chi connectivity index (χ3n) is 10.6. The molecule has 6 atom stereocenters.